The van der Waals surface area contributed by atoms with E-state index >= 15 is 0 Å². The van der Waals surface area contributed by atoms with Gasteiger partial charge < -0.3 is 15.8 Å². The maximum Gasteiger partial charge on any atom is 0.330 e. The van der Waals surface area contributed by atoms with Gasteiger partial charge >= 0.3 is 5.97 Å². The Bertz CT molecular complexity index is 452. The average Bonchev–Trinajstić information content (AvgIpc) is 2.44. The number of methoxy groups -OCH3 is 1. The van der Waals surface area contributed by atoms with Crippen LogP contribution in [0.25, 0.3) is 6.08 Å². The maximum atomic E-state index is 11.5. The summed E-state index contributed by atoms with van der Waals surface area (Å²) in [5.74, 6) is -0.456. The Morgan fingerprint density at radius 2 is 2.00 bits per heavy atom. The molecule has 0 saturated heterocycles. The lowest BCUT2D eigenvalue weighted by Crippen LogP contribution is -2.13. The van der Waals surface area contributed by atoms with Gasteiger partial charge in [-0.1, -0.05) is 12.1 Å². The molecule has 1 rings (SSSR count). The van der Waals surface area contributed by atoms with Gasteiger partial charge in [-0.05, 0) is 36.7 Å². The molecule has 0 bridgehead atoms. The molecule has 0 spiro atoms. The summed E-state index contributed by atoms with van der Waals surface area (Å²) in [6.45, 7) is 0.505. The lowest BCUT2D eigenvalue weighted by molar-refractivity contribution is -0.134. The van der Waals surface area contributed by atoms with E-state index in [1.54, 1.807) is 30.3 Å². The van der Waals surface area contributed by atoms with Gasteiger partial charge in [-0.25, -0.2) is 4.79 Å². The minimum atomic E-state index is -0.404. The topological polar surface area (TPSA) is 81.4 Å². The fourth-order valence-corrected chi connectivity index (χ4v) is 1.40. The molecule has 0 heterocycles. The zero-order chi connectivity index (χ0) is 14.1. The molecular formula is C14H18N2O3. The van der Waals surface area contributed by atoms with E-state index in [9.17, 15) is 9.59 Å². The number of amides is 1. The molecule has 5 heteroatoms. The summed E-state index contributed by atoms with van der Waals surface area (Å²) in [7, 11) is 1.33. The third-order valence-corrected chi connectivity index (χ3v) is 2.42. The van der Waals surface area contributed by atoms with Crippen LogP contribution < -0.4 is 11.1 Å². The molecule has 0 aliphatic rings. The minimum absolute atomic E-state index is 0.0525. The fourth-order valence-electron chi connectivity index (χ4n) is 1.40. The highest BCUT2D eigenvalue weighted by atomic mass is 16.5. The number of hydrogen-bond donors (Lipinski definition) is 2. The molecule has 0 radical (unpaired) electrons. The molecule has 0 saturated carbocycles. The predicted molar refractivity (Wildman–Crippen MR) is 74.4 cm³/mol. The normalized spacial score (nSPS) is 10.4. The first-order valence-electron chi connectivity index (χ1n) is 6.01. The number of carbonyl (C=O) groups excluding carboxylic acids is 2. The molecule has 0 aromatic heterocycles. The second-order valence-corrected chi connectivity index (χ2v) is 3.92. The monoisotopic (exact) mass is 262 g/mol. The molecule has 102 valence electrons. The molecule has 1 aromatic rings. The van der Waals surface area contributed by atoms with Gasteiger partial charge in [-0.3, -0.25) is 4.79 Å². The summed E-state index contributed by atoms with van der Waals surface area (Å²) in [6.07, 6.45) is 4.08. The van der Waals surface area contributed by atoms with E-state index in [0.29, 0.717) is 19.4 Å². The van der Waals surface area contributed by atoms with Crippen LogP contribution in [0.5, 0.6) is 0 Å². The number of ether oxygens (including phenoxy) is 1. The van der Waals surface area contributed by atoms with Crippen LogP contribution in [0.2, 0.25) is 0 Å². The SMILES string of the molecule is COC(=O)/C=C/c1ccc(NC(=O)CCCN)cc1. The number of anilines is 1. The average molecular weight is 262 g/mol. The zero-order valence-electron chi connectivity index (χ0n) is 10.9. The van der Waals surface area contributed by atoms with Crippen LogP contribution in [0.1, 0.15) is 18.4 Å². The number of esters is 1. The smallest absolute Gasteiger partial charge is 0.330 e. The molecule has 5 nitrogen and oxygen atoms in total. The molecule has 0 aliphatic carbocycles. The first-order chi connectivity index (χ1) is 9.15. The van der Waals surface area contributed by atoms with Crippen molar-refractivity contribution in [3.05, 3.63) is 35.9 Å². The van der Waals surface area contributed by atoms with Crippen molar-refractivity contribution in [3.63, 3.8) is 0 Å². The van der Waals surface area contributed by atoms with Crippen molar-refractivity contribution in [1.29, 1.82) is 0 Å². The second kappa shape index (κ2) is 8.05. The highest BCUT2D eigenvalue weighted by molar-refractivity contribution is 5.91. The predicted octanol–water partition coefficient (Wildman–Crippen LogP) is 1.55. The highest BCUT2D eigenvalue weighted by Crippen LogP contribution is 2.11. The van der Waals surface area contributed by atoms with Crippen LogP contribution >= 0.6 is 0 Å². The number of rotatable bonds is 6. The Balaban J connectivity index is 2.54. The molecular weight excluding hydrogens is 244 g/mol. The van der Waals surface area contributed by atoms with Gasteiger partial charge in [0, 0.05) is 18.2 Å². The van der Waals surface area contributed by atoms with E-state index in [2.05, 4.69) is 10.1 Å². The van der Waals surface area contributed by atoms with Gasteiger partial charge in [0.25, 0.3) is 0 Å². The van der Waals surface area contributed by atoms with E-state index in [1.165, 1.54) is 13.2 Å². The van der Waals surface area contributed by atoms with Crippen molar-refractivity contribution in [1.82, 2.24) is 0 Å². The first kappa shape index (κ1) is 14.9. The highest BCUT2D eigenvalue weighted by Gasteiger charge is 2.01. The molecule has 0 fully saturated rings. The second-order valence-electron chi connectivity index (χ2n) is 3.92. The summed E-state index contributed by atoms with van der Waals surface area (Å²) in [5, 5.41) is 2.77. The molecule has 19 heavy (non-hydrogen) atoms. The Labute approximate surface area is 112 Å². The van der Waals surface area contributed by atoms with E-state index in [1.807, 2.05) is 0 Å². The third-order valence-electron chi connectivity index (χ3n) is 2.42. The van der Waals surface area contributed by atoms with Crippen molar-refractivity contribution < 1.29 is 14.3 Å². The Morgan fingerprint density at radius 3 is 2.58 bits per heavy atom. The summed E-state index contributed by atoms with van der Waals surface area (Å²) in [5.41, 5.74) is 6.91. The van der Waals surface area contributed by atoms with Crippen LogP contribution in [0.4, 0.5) is 5.69 Å². The number of nitrogens with two attached hydrogens (primary N) is 1. The maximum absolute atomic E-state index is 11.5. The Kier molecular flexibility index (Phi) is 6.32. The van der Waals surface area contributed by atoms with Crippen molar-refractivity contribution in [2.75, 3.05) is 19.0 Å². The van der Waals surface area contributed by atoms with Crippen molar-refractivity contribution in [3.8, 4) is 0 Å². The fraction of sp³-hybridized carbons (Fsp3) is 0.286. The third kappa shape index (κ3) is 5.83. The molecule has 3 N–H and O–H groups in total. The summed E-state index contributed by atoms with van der Waals surface area (Å²) in [4.78, 5) is 22.4. The van der Waals surface area contributed by atoms with Crippen molar-refractivity contribution in [2.24, 2.45) is 5.73 Å². The van der Waals surface area contributed by atoms with Crippen molar-refractivity contribution in [2.45, 2.75) is 12.8 Å². The molecule has 1 amide bonds. The number of hydrogen-bond acceptors (Lipinski definition) is 4. The van der Waals surface area contributed by atoms with E-state index in [0.717, 1.165) is 11.3 Å². The largest absolute Gasteiger partial charge is 0.466 e. The van der Waals surface area contributed by atoms with Crippen LogP contribution in [0.15, 0.2) is 30.3 Å². The van der Waals surface area contributed by atoms with E-state index in [4.69, 9.17) is 5.73 Å². The number of nitrogens with one attached hydrogen (secondary N) is 1. The van der Waals surface area contributed by atoms with Crippen LogP contribution in [-0.4, -0.2) is 25.5 Å². The first-order valence-corrected chi connectivity index (χ1v) is 6.01. The minimum Gasteiger partial charge on any atom is -0.466 e. The Morgan fingerprint density at radius 1 is 1.32 bits per heavy atom. The van der Waals surface area contributed by atoms with Crippen molar-refractivity contribution >= 4 is 23.6 Å². The lowest BCUT2D eigenvalue weighted by atomic mass is 10.2. The summed E-state index contributed by atoms with van der Waals surface area (Å²) < 4.78 is 4.49. The van der Waals surface area contributed by atoms with Gasteiger partial charge in [-0.2, -0.15) is 0 Å². The van der Waals surface area contributed by atoms with Gasteiger partial charge in [0.2, 0.25) is 5.91 Å². The number of benzene rings is 1. The van der Waals surface area contributed by atoms with Crippen LogP contribution in [0.3, 0.4) is 0 Å². The zero-order valence-corrected chi connectivity index (χ0v) is 10.9. The van der Waals surface area contributed by atoms with Crippen LogP contribution in [0, 0.1) is 0 Å². The van der Waals surface area contributed by atoms with E-state index in [-0.39, 0.29) is 5.91 Å². The standard InChI is InChI=1S/C14H18N2O3/c1-19-14(18)9-6-11-4-7-12(8-5-11)16-13(17)3-2-10-15/h4-9H,2-3,10,15H2,1H3,(H,16,17)/b9-6+. The van der Waals surface area contributed by atoms with Gasteiger partial charge in [0.15, 0.2) is 0 Å². The molecule has 0 atom stereocenters. The lowest BCUT2D eigenvalue weighted by Gasteiger charge is -2.04. The molecule has 1 aromatic carbocycles. The van der Waals surface area contributed by atoms with E-state index < -0.39 is 5.97 Å². The quantitative estimate of drug-likeness (QED) is 0.602. The molecule has 0 aliphatic heterocycles. The number of carbonyl (C=O) groups is 2. The summed E-state index contributed by atoms with van der Waals surface area (Å²) in [6, 6.07) is 7.16. The molecule has 0 unspecified atom stereocenters. The van der Waals surface area contributed by atoms with Crippen LogP contribution in [-0.2, 0) is 14.3 Å². The Hall–Kier alpha value is -2.14. The van der Waals surface area contributed by atoms with Gasteiger partial charge in [0.05, 0.1) is 7.11 Å². The van der Waals surface area contributed by atoms with Gasteiger partial charge in [-0.15, -0.1) is 0 Å². The summed E-state index contributed by atoms with van der Waals surface area (Å²) >= 11 is 0. The van der Waals surface area contributed by atoms with Gasteiger partial charge in [0.1, 0.15) is 0 Å².